The van der Waals surface area contributed by atoms with Crippen LogP contribution in [-0.4, -0.2) is 22.0 Å². The van der Waals surface area contributed by atoms with E-state index in [4.69, 9.17) is 17.3 Å². The molecule has 132 valence electrons. The van der Waals surface area contributed by atoms with Gasteiger partial charge >= 0.3 is 0 Å². The van der Waals surface area contributed by atoms with Crippen LogP contribution in [0.1, 0.15) is 11.1 Å². The number of hydrazone groups is 1. The lowest BCUT2D eigenvalue weighted by atomic mass is 10.1. The predicted molar refractivity (Wildman–Crippen MR) is 102 cm³/mol. The van der Waals surface area contributed by atoms with Crippen LogP contribution in [0, 0.1) is 10.1 Å². The highest BCUT2D eigenvalue weighted by atomic mass is 35.5. The topological polar surface area (TPSA) is 124 Å². The Morgan fingerprint density at radius 1 is 1.38 bits per heavy atom. The molecule has 2 aromatic carbocycles. The number of halogens is 1. The summed E-state index contributed by atoms with van der Waals surface area (Å²) in [5, 5.41) is 15.2. The fourth-order valence-corrected chi connectivity index (χ4v) is 3.23. The first kappa shape index (κ1) is 17.8. The van der Waals surface area contributed by atoms with Crippen molar-refractivity contribution in [2.45, 2.75) is 6.42 Å². The smallest absolute Gasteiger partial charge is 0.288 e. The van der Waals surface area contributed by atoms with Gasteiger partial charge in [0.05, 0.1) is 27.8 Å². The predicted octanol–water partition coefficient (Wildman–Crippen LogP) is 3.13. The summed E-state index contributed by atoms with van der Waals surface area (Å²) in [6.45, 7) is 0. The largest absolute Gasteiger partial charge is 0.375 e. The van der Waals surface area contributed by atoms with Gasteiger partial charge in [-0.25, -0.2) is 10.4 Å². The van der Waals surface area contributed by atoms with Crippen LogP contribution < -0.4 is 11.2 Å². The van der Waals surface area contributed by atoms with E-state index in [2.05, 4.69) is 15.5 Å². The summed E-state index contributed by atoms with van der Waals surface area (Å²) in [5.41, 5.74) is 9.86. The van der Waals surface area contributed by atoms with Crippen LogP contribution in [-0.2, 0) is 11.2 Å². The third-order valence-corrected chi connectivity index (χ3v) is 4.57. The molecule has 1 amide bonds. The molecule has 1 aromatic heterocycles. The monoisotopic (exact) mass is 389 g/mol. The summed E-state index contributed by atoms with van der Waals surface area (Å²) in [4.78, 5) is 26.4. The van der Waals surface area contributed by atoms with Crippen molar-refractivity contribution in [3.8, 4) is 0 Å². The lowest BCUT2D eigenvalue weighted by molar-refractivity contribution is -0.384. The zero-order valence-corrected chi connectivity index (χ0v) is 14.8. The summed E-state index contributed by atoms with van der Waals surface area (Å²) in [6, 6.07) is 9.70. The van der Waals surface area contributed by atoms with Crippen LogP contribution in [0.3, 0.4) is 0 Å². The maximum absolute atomic E-state index is 12.0. The summed E-state index contributed by atoms with van der Waals surface area (Å²) in [6.07, 6.45) is 1.44. The van der Waals surface area contributed by atoms with E-state index in [9.17, 15) is 14.9 Å². The number of aromatic nitrogens is 1. The number of benzene rings is 2. The van der Waals surface area contributed by atoms with Crippen LogP contribution in [0.15, 0.2) is 41.5 Å². The number of amides is 1. The molecule has 26 heavy (non-hydrogen) atoms. The summed E-state index contributed by atoms with van der Waals surface area (Å²) in [5.74, 6) is -0.318. The first-order chi connectivity index (χ1) is 12.4. The number of rotatable bonds is 5. The number of nitrogens with two attached hydrogens (primary N) is 1. The fraction of sp³-hybridized carbons (Fsp3) is 0.0625. The van der Waals surface area contributed by atoms with Crippen molar-refractivity contribution in [3.63, 3.8) is 0 Å². The number of hydrogen-bond donors (Lipinski definition) is 2. The molecule has 8 nitrogen and oxygen atoms in total. The van der Waals surface area contributed by atoms with E-state index in [1.807, 2.05) is 6.07 Å². The SMILES string of the molecule is Nc1nc2ccc(CC(=O)N/N=C\c3ccc(Cl)c([N+](=O)[O-])c3)cc2s1. The van der Waals surface area contributed by atoms with Gasteiger partial charge < -0.3 is 5.73 Å². The minimum atomic E-state index is -0.583. The van der Waals surface area contributed by atoms with Gasteiger partial charge in [0.2, 0.25) is 5.91 Å². The normalized spacial score (nSPS) is 11.1. The second kappa shape index (κ2) is 7.46. The van der Waals surface area contributed by atoms with Gasteiger partial charge in [-0.2, -0.15) is 5.10 Å². The molecule has 0 aliphatic carbocycles. The van der Waals surface area contributed by atoms with E-state index in [0.717, 1.165) is 15.8 Å². The molecule has 3 aromatic rings. The van der Waals surface area contributed by atoms with Crippen molar-refractivity contribution >= 4 is 56.1 Å². The molecule has 0 saturated heterocycles. The van der Waals surface area contributed by atoms with Crippen molar-refractivity contribution in [2.24, 2.45) is 5.10 Å². The van der Waals surface area contributed by atoms with Crippen molar-refractivity contribution in [2.75, 3.05) is 5.73 Å². The highest BCUT2D eigenvalue weighted by molar-refractivity contribution is 7.22. The van der Waals surface area contributed by atoms with E-state index in [0.29, 0.717) is 10.7 Å². The van der Waals surface area contributed by atoms with Gasteiger partial charge in [-0.1, -0.05) is 35.1 Å². The zero-order valence-electron chi connectivity index (χ0n) is 13.2. The van der Waals surface area contributed by atoms with E-state index >= 15 is 0 Å². The second-order valence-electron chi connectivity index (χ2n) is 5.29. The highest BCUT2D eigenvalue weighted by Crippen LogP contribution is 2.25. The quantitative estimate of drug-likeness (QED) is 0.394. The maximum Gasteiger partial charge on any atom is 0.288 e. The number of thiazole rings is 1. The summed E-state index contributed by atoms with van der Waals surface area (Å²) >= 11 is 7.09. The average Bonchev–Trinajstić information content (AvgIpc) is 2.95. The number of fused-ring (bicyclic) bond motifs is 1. The van der Waals surface area contributed by atoms with Crippen LogP contribution >= 0.6 is 22.9 Å². The Morgan fingerprint density at radius 3 is 2.96 bits per heavy atom. The Bertz CT molecular complexity index is 1030. The van der Waals surface area contributed by atoms with Crippen molar-refractivity contribution in [3.05, 3.63) is 62.7 Å². The number of carbonyl (C=O) groups excluding carboxylic acids is 1. The molecule has 0 radical (unpaired) electrons. The summed E-state index contributed by atoms with van der Waals surface area (Å²) in [7, 11) is 0. The number of nitrogens with zero attached hydrogens (tertiary/aromatic N) is 3. The van der Waals surface area contributed by atoms with E-state index in [-0.39, 0.29) is 23.0 Å². The average molecular weight is 390 g/mol. The third kappa shape index (κ3) is 4.13. The van der Waals surface area contributed by atoms with Gasteiger partial charge in [-0.3, -0.25) is 14.9 Å². The molecule has 3 rings (SSSR count). The van der Waals surface area contributed by atoms with Crippen molar-refractivity contribution < 1.29 is 9.72 Å². The first-order valence-corrected chi connectivity index (χ1v) is 8.52. The van der Waals surface area contributed by atoms with Gasteiger partial charge in [0, 0.05) is 11.6 Å². The molecule has 0 fully saturated rings. The number of nitrogen functional groups attached to an aromatic ring is 1. The van der Waals surface area contributed by atoms with Crippen LogP contribution in [0.2, 0.25) is 5.02 Å². The van der Waals surface area contributed by atoms with Crippen molar-refractivity contribution in [1.82, 2.24) is 10.4 Å². The molecule has 0 spiro atoms. The molecular formula is C16H12ClN5O3S. The molecule has 0 aliphatic heterocycles. The lowest BCUT2D eigenvalue weighted by Gasteiger charge is -2.01. The molecule has 1 heterocycles. The van der Waals surface area contributed by atoms with Gasteiger partial charge in [0.25, 0.3) is 5.69 Å². The Kier molecular flexibility index (Phi) is 5.10. The number of carbonyl (C=O) groups is 1. The van der Waals surface area contributed by atoms with Crippen LogP contribution in [0.25, 0.3) is 10.2 Å². The molecule has 0 bridgehead atoms. The van der Waals surface area contributed by atoms with E-state index in [1.54, 1.807) is 18.2 Å². The van der Waals surface area contributed by atoms with Gasteiger partial charge in [0.1, 0.15) is 5.02 Å². The molecule has 0 aliphatic rings. The summed E-state index contributed by atoms with van der Waals surface area (Å²) < 4.78 is 0.907. The number of nitro benzene ring substituents is 1. The minimum absolute atomic E-state index is 0.0373. The number of hydrogen-bond acceptors (Lipinski definition) is 7. The Morgan fingerprint density at radius 2 is 2.19 bits per heavy atom. The minimum Gasteiger partial charge on any atom is -0.375 e. The van der Waals surface area contributed by atoms with Crippen molar-refractivity contribution in [1.29, 1.82) is 0 Å². The lowest BCUT2D eigenvalue weighted by Crippen LogP contribution is -2.19. The molecule has 3 N–H and O–H groups in total. The molecule has 0 atom stereocenters. The van der Waals surface area contributed by atoms with E-state index in [1.165, 1.54) is 29.7 Å². The van der Waals surface area contributed by atoms with Gasteiger partial charge in [-0.05, 0) is 23.8 Å². The van der Waals surface area contributed by atoms with Crippen LogP contribution in [0.5, 0.6) is 0 Å². The van der Waals surface area contributed by atoms with Gasteiger partial charge in [-0.15, -0.1) is 0 Å². The molecule has 0 saturated carbocycles. The Balaban J connectivity index is 1.63. The maximum atomic E-state index is 12.0. The standard InChI is InChI=1S/C16H12ClN5O3S/c17-11-3-1-10(5-13(11)22(24)25)8-19-21-15(23)7-9-2-4-12-14(6-9)26-16(18)20-12/h1-6,8H,7H2,(H2,18,20)(H,21,23)/b19-8-. The fourth-order valence-electron chi connectivity index (χ4n) is 2.25. The highest BCUT2D eigenvalue weighted by Gasteiger charge is 2.12. The number of nitrogens with one attached hydrogen (secondary N) is 1. The Hall–Kier alpha value is -3.04. The number of nitro groups is 1. The molecular weight excluding hydrogens is 378 g/mol. The third-order valence-electron chi connectivity index (χ3n) is 3.40. The Labute approximate surface area is 156 Å². The molecule has 10 heteroatoms. The van der Waals surface area contributed by atoms with Gasteiger partial charge in [0.15, 0.2) is 5.13 Å². The van der Waals surface area contributed by atoms with E-state index < -0.39 is 4.92 Å². The first-order valence-electron chi connectivity index (χ1n) is 7.33. The second-order valence-corrected chi connectivity index (χ2v) is 6.76. The number of anilines is 1. The molecule has 0 unspecified atom stereocenters. The van der Waals surface area contributed by atoms with Crippen LogP contribution in [0.4, 0.5) is 10.8 Å². The zero-order chi connectivity index (χ0) is 18.7.